The van der Waals surface area contributed by atoms with Gasteiger partial charge in [0, 0.05) is 26.6 Å². The van der Waals surface area contributed by atoms with E-state index in [2.05, 4.69) is 39.9 Å². The van der Waals surface area contributed by atoms with Gasteiger partial charge in [0.25, 0.3) is 0 Å². The molecule has 0 aromatic heterocycles. The summed E-state index contributed by atoms with van der Waals surface area (Å²) in [7, 11) is 3.66. The smallest absolute Gasteiger partial charge is 0.190 e. The molecule has 0 heterocycles. The number of rotatable bonds is 2. The first-order valence-corrected chi connectivity index (χ1v) is 5.31. The van der Waals surface area contributed by atoms with Crippen LogP contribution in [0.15, 0.2) is 29.3 Å². The van der Waals surface area contributed by atoms with Crippen molar-refractivity contribution in [3.63, 3.8) is 0 Å². The van der Waals surface area contributed by atoms with Gasteiger partial charge in [0.05, 0.1) is 0 Å². The van der Waals surface area contributed by atoms with E-state index in [1.54, 1.807) is 7.05 Å². The Morgan fingerprint density at radius 1 is 1.47 bits per heavy atom. The van der Waals surface area contributed by atoms with Crippen LogP contribution in [-0.2, 0) is 6.42 Å². The average molecular weight is 203 g/mol. The summed E-state index contributed by atoms with van der Waals surface area (Å²) in [6, 6.07) is 8.64. The first-order valence-electron chi connectivity index (χ1n) is 5.31. The second-order valence-corrected chi connectivity index (χ2v) is 3.80. The van der Waals surface area contributed by atoms with Crippen LogP contribution in [0.25, 0.3) is 0 Å². The van der Waals surface area contributed by atoms with E-state index in [4.69, 9.17) is 0 Å². The Hall–Kier alpha value is -1.51. The first kappa shape index (κ1) is 10.0. The fourth-order valence-corrected chi connectivity index (χ4v) is 2.04. The highest BCUT2D eigenvalue weighted by Crippen LogP contribution is 2.33. The zero-order valence-electron chi connectivity index (χ0n) is 9.25. The lowest BCUT2D eigenvalue weighted by Crippen LogP contribution is -2.39. The molecule has 1 atom stereocenters. The van der Waals surface area contributed by atoms with Gasteiger partial charge in [0.2, 0.25) is 0 Å². The molecule has 2 rings (SSSR count). The Kier molecular flexibility index (Phi) is 2.90. The highest BCUT2D eigenvalue weighted by Gasteiger charge is 2.24. The molecule has 15 heavy (non-hydrogen) atoms. The lowest BCUT2D eigenvalue weighted by atomic mass is 9.78. The standard InChI is InChI=1S/C12H17N3/c1-13-12(14-2)15-8-10-7-9-5-3-4-6-11(9)10/h3-6,10H,7-8H2,1-2H3,(H2,13,14,15)/t10-/m0/s1. The van der Waals surface area contributed by atoms with Gasteiger partial charge in [0.15, 0.2) is 5.96 Å². The van der Waals surface area contributed by atoms with Gasteiger partial charge in [-0.1, -0.05) is 24.3 Å². The molecule has 1 aliphatic rings. The first-order chi connectivity index (χ1) is 7.35. The number of nitrogens with zero attached hydrogens (tertiary/aromatic N) is 1. The Balaban J connectivity index is 1.90. The Morgan fingerprint density at radius 2 is 2.27 bits per heavy atom. The molecule has 0 aliphatic heterocycles. The zero-order chi connectivity index (χ0) is 10.7. The van der Waals surface area contributed by atoms with E-state index in [9.17, 15) is 0 Å². The molecule has 0 radical (unpaired) electrons. The molecule has 3 heteroatoms. The molecule has 1 aromatic rings. The number of aliphatic imine (C=N–C) groups is 1. The molecule has 0 spiro atoms. The molecule has 1 aromatic carbocycles. The van der Waals surface area contributed by atoms with Crippen LogP contribution in [0.5, 0.6) is 0 Å². The van der Waals surface area contributed by atoms with Gasteiger partial charge in [-0.3, -0.25) is 4.99 Å². The quantitative estimate of drug-likeness (QED) is 0.558. The van der Waals surface area contributed by atoms with Gasteiger partial charge in [0.1, 0.15) is 0 Å². The van der Waals surface area contributed by atoms with Crippen LogP contribution in [0.2, 0.25) is 0 Å². The number of fused-ring (bicyclic) bond motifs is 1. The number of hydrogen-bond acceptors (Lipinski definition) is 1. The van der Waals surface area contributed by atoms with E-state index in [-0.39, 0.29) is 0 Å². The number of guanidine groups is 1. The number of hydrogen-bond donors (Lipinski definition) is 2. The summed E-state index contributed by atoms with van der Waals surface area (Å²) in [5.41, 5.74) is 2.97. The highest BCUT2D eigenvalue weighted by molar-refractivity contribution is 5.79. The van der Waals surface area contributed by atoms with Gasteiger partial charge in [-0.2, -0.15) is 0 Å². The minimum atomic E-state index is 0.645. The number of nitrogens with one attached hydrogen (secondary N) is 2. The molecule has 0 fully saturated rings. The maximum absolute atomic E-state index is 4.09. The molecule has 0 unspecified atom stereocenters. The lowest BCUT2D eigenvalue weighted by Gasteiger charge is -2.30. The average Bonchev–Trinajstić information content (AvgIpc) is 2.25. The maximum Gasteiger partial charge on any atom is 0.190 e. The molecule has 3 nitrogen and oxygen atoms in total. The molecular formula is C12H17N3. The molecule has 0 bridgehead atoms. The van der Waals surface area contributed by atoms with Crippen LogP contribution in [-0.4, -0.2) is 26.6 Å². The summed E-state index contributed by atoms with van der Waals surface area (Å²) in [5.74, 6) is 1.51. The topological polar surface area (TPSA) is 36.4 Å². The van der Waals surface area contributed by atoms with Crippen LogP contribution in [0.1, 0.15) is 17.0 Å². The van der Waals surface area contributed by atoms with Crippen molar-refractivity contribution >= 4 is 5.96 Å². The predicted molar refractivity (Wildman–Crippen MR) is 63.3 cm³/mol. The van der Waals surface area contributed by atoms with E-state index < -0.39 is 0 Å². The Morgan fingerprint density at radius 3 is 2.93 bits per heavy atom. The predicted octanol–water partition coefficient (Wildman–Crippen LogP) is 1.12. The minimum absolute atomic E-state index is 0.645. The summed E-state index contributed by atoms with van der Waals surface area (Å²) >= 11 is 0. The van der Waals surface area contributed by atoms with Gasteiger partial charge >= 0.3 is 0 Å². The van der Waals surface area contributed by atoms with Crippen molar-refractivity contribution in [2.45, 2.75) is 12.3 Å². The Labute approximate surface area is 90.6 Å². The van der Waals surface area contributed by atoms with Crippen molar-refractivity contribution in [2.75, 3.05) is 20.6 Å². The van der Waals surface area contributed by atoms with Crippen molar-refractivity contribution in [1.29, 1.82) is 0 Å². The molecule has 2 N–H and O–H groups in total. The van der Waals surface area contributed by atoms with E-state index in [0.29, 0.717) is 5.92 Å². The van der Waals surface area contributed by atoms with Gasteiger partial charge in [-0.25, -0.2) is 0 Å². The summed E-state index contributed by atoms with van der Waals surface area (Å²) in [6.07, 6.45) is 1.18. The second-order valence-electron chi connectivity index (χ2n) is 3.80. The van der Waals surface area contributed by atoms with Crippen molar-refractivity contribution < 1.29 is 0 Å². The van der Waals surface area contributed by atoms with Gasteiger partial charge < -0.3 is 10.6 Å². The fourth-order valence-electron chi connectivity index (χ4n) is 2.04. The number of benzene rings is 1. The third-order valence-electron chi connectivity index (χ3n) is 2.94. The summed E-state index contributed by atoms with van der Waals surface area (Å²) in [6.45, 7) is 0.963. The van der Waals surface area contributed by atoms with E-state index in [1.807, 2.05) is 7.05 Å². The van der Waals surface area contributed by atoms with Crippen LogP contribution >= 0.6 is 0 Å². The molecular weight excluding hydrogens is 186 g/mol. The molecule has 80 valence electrons. The molecule has 0 saturated heterocycles. The van der Waals surface area contributed by atoms with Crippen LogP contribution in [0, 0.1) is 0 Å². The second kappa shape index (κ2) is 4.34. The van der Waals surface area contributed by atoms with Gasteiger partial charge in [-0.15, -0.1) is 0 Å². The zero-order valence-corrected chi connectivity index (χ0v) is 9.25. The monoisotopic (exact) mass is 203 g/mol. The van der Waals surface area contributed by atoms with Crippen molar-refractivity contribution in [2.24, 2.45) is 4.99 Å². The van der Waals surface area contributed by atoms with Crippen molar-refractivity contribution in [1.82, 2.24) is 10.6 Å². The lowest BCUT2D eigenvalue weighted by molar-refractivity contribution is 0.586. The van der Waals surface area contributed by atoms with E-state index in [0.717, 1.165) is 12.5 Å². The third kappa shape index (κ3) is 1.96. The van der Waals surface area contributed by atoms with Crippen LogP contribution in [0.3, 0.4) is 0 Å². The summed E-state index contributed by atoms with van der Waals surface area (Å²) in [4.78, 5) is 4.09. The molecule has 0 amide bonds. The molecule has 0 saturated carbocycles. The highest BCUT2D eigenvalue weighted by atomic mass is 15.1. The minimum Gasteiger partial charge on any atom is -0.359 e. The Bertz CT molecular complexity index is 371. The van der Waals surface area contributed by atoms with Crippen LogP contribution in [0.4, 0.5) is 0 Å². The van der Waals surface area contributed by atoms with Gasteiger partial charge in [-0.05, 0) is 17.5 Å². The van der Waals surface area contributed by atoms with E-state index in [1.165, 1.54) is 17.5 Å². The summed E-state index contributed by atoms with van der Waals surface area (Å²) in [5, 5.41) is 6.32. The van der Waals surface area contributed by atoms with Crippen molar-refractivity contribution in [3.8, 4) is 0 Å². The fraction of sp³-hybridized carbons (Fsp3) is 0.417. The third-order valence-corrected chi connectivity index (χ3v) is 2.94. The SMILES string of the molecule is CN=C(NC)NC[C@@H]1Cc2ccccc21. The normalized spacial score (nSPS) is 19.1. The van der Waals surface area contributed by atoms with Crippen LogP contribution < -0.4 is 10.6 Å². The van der Waals surface area contributed by atoms with Crippen molar-refractivity contribution in [3.05, 3.63) is 35.4 Å². The largest absolute Gasteiger partial charge is 0.359 e. The maximum atomic E-state index is 4.09. The summed E-state index contributed by atoms with van der Waals surface area (Å²) < 4.78 is 0. The molecule has 1 aliphatic carbocycles. The van der Waals surface area contributed by atoms with E-state index >= 15 is 0 Å².